The maximum Gasteiger partial charge on any atom is 0.253 e. The van der Waals surface area contributed by atoms with Gasteiger partial charge in [0.2, 0.25) is 0 Å². The topological polar surface area (TPSA) is 60.5 Å². The molecule has 7 nitrogen and oxygen atoms in total. The maximum atomic E-state index is 12.9. The molecule has 1 amide bonds. The maximum absolute atomic E-state index is 12.9. The van der Waals surface area contributed by atoms with Crippen molar-refractivity contribution in [2.75, 3.05) is 60.7 Å². The summed E-state index contributed by atoms with van der Waals surface area (Å²) >= 11 is 0. The molecule has 0 aliphatic carbocycles. The number of carbonyl (C=O) groups excluding carboxylic acids is 1. The van der Waals surface area contributed by atoms with E-state index in [2.05, 4.69) is 11.9 Å². The molecule has 0 unspecified atom stereocenters. The molecule has 0 bridgehead atoms. The van der Waals surface area contributed by atoms with Crippen LogP contribution >= 0.6 is 0 Å². The van der Waals surface area contributed by atoms with E-state index in [4.69, 9.17) is 18.9 Å². The molecule has 7 heteroatoms. The number of hydrogen-bond acceptors (Lipinski definition) is 6. The smallest absolute Gasteiger partial charge is 0.253 e. The Bertz CT molecular complexity index is 653. The van der Waals surface area contributed by atoms with Crippen molar-refractivity contribution in [2.45, 2.75) is 37.9 Å². The predicted octanol–water partition coefficient (Wildman–Crippen LogP) is 2.44. The van der Waals surface area contributed by atoms with Gasteiger partial charge in [-0.15, -0.1) is 0 Å². The molecule has 2 aliphatic rings. The van der Waals surface area contributed by atoms with Gasteiger partial charge in [-0.25, -0.2) is 0 Å². The highest BCUT2D eigenvalue weighted by molar-refractivity contribution is 5.95. The summed E-state index contributed by atoms with van der Waals surface area (Å²) in [6.07, 6.45) is 4.10. The highest BCUT2D eigenvalue weighted by Gasteiger charge is 2.25. The van der Waals surface area contributed by atoms with Gasteiger partial charge in [-0.3, -0.25) is 4.79 Å². The number of ether oxygens (including phenoxy) is 4. The van der Waals surface area contributed by atoms with Gasteiger partial charge < -0.3 is 28.7 Å². The molecule has 29 heavy (non-hydrogen) atoms. The van der Waals surface area contributed by atoms with Crippen LogP contribution in [-0.2, 0) is 9.47 Å². The van der Waals surface area contributed by atoms with E-state index < -0.39 is 0 Å². The predicted molar refractivity (Wildman–Crippen MR) is 111 cm³/mol. The van der Waals surface area contributed by atoms with Crippen molar-refractivity contribution in [3.8, 4) is 11.5 Å². The Morgan fingerprint density at radius 2 is 1.66 bits per heavy atom. The van der Waals surface area contributed by atoms with E-state index in [9.17, 15) is 4.79 Å². The van der Waals surface area contributed by atoms with Gasteiger partial charge in [0.1, 0.15) is 6.10 Å². The van der Waals surface area contributed by atoms with Crippen molar-refractivity contribution < 1.29 is 23.7 Å². The Labute approximate surface area is 173 Å². The third kappa shape index (κ3) is 6.07. The molecule has 2 saturated heterocycles. The third-order valence-electron chi connectivity index (χ3n) is 5.74. The second kappa shape index (κ2) is 10.8. The number of benzene rings is 1. The first-order chi connectivity index (χ1) is 14.1. The van der Waals surface area contributed by atoms with E-state index >= 15 is 0 Å². The van der Waals surface area contributed by atoms with Crippen LogP contribution in [0.3, 0.4) is 0 Å². The summed E-state index contributed by atoms with van der Waals surface area (Å²) in [5, 5.41) is 0. The third-order valence-corrected chi connectivity index (χ3v) is 5.74. The van der Waals surface area contributed by atoms with Gasteiger partial charge in [-0.05, 0) is 50.9 Å². The van der Waals surface area contributed by atoms with Gasteiger partial charge in [0.05, 0.1) is 26.4 Å². The number of likely N-dealkylation sites (tertiary alicyclic amines) is 2. The first kappa shape index (κ1) is 21.9. The molecular formula is C22H34N2O5. The second-order valence-corrected chi connectivity index (χ2v) is 7.84. The first-order valence-electron chi connectivity index (χ1n) is 10.5. The average Bonchev–Trinajstić information content (AvgIpc) is 2.76. The zero-order valence-corrected chi connectivity index (χ0v) is 17.9. The lowest BCUT2D eigenvalue weighted by atomic mass is 10.1. The molecule has 162 valence electrons. The van der Waals surface area contributed by atoms with Gasteiger partial charge in [-0.1, -0.05) is 0 Å². The van der Waals surface area contributed by atoms with Gasteiger partial charge in [0.15, 0.2) is 11.5 Å². The van der Waals surface area contributed by atoms with Crippen LogP contribution in [0.1, 0.15) is 36.0 Å². The Morgan fingerprint density at radius 1 is 0.966 bits per heavy atom. The number of carbonyl (C=O) groups is 1. The highest BCUT2D eigenvalue weighted by Crippen LogP contribution is 2.31. The van der Waals surface area contributed by atoms with Crippen LogP contribution in [0.25, 0.3) is 0 Å². The van der Waals surface area contributed by atoms with Crippen molar-refractivity contribution >= 4 is 5.91 Å². The van der Waals surface area contributed by atoms with Gasteiger partial charge in [0.25, 0.3) is 5.91 Å². The molecule has 2 aliphatic heterocycles. The van der Waals surface area contributed by atoms with E-state index in [0.717, 1.165) is 38.8 Å². The molecule has 1 aromatic carbocycles. The summed E-state index contributed by atoms with van der Waals surface area (Å²) in [4.78, 5) is 17.1. The molecule has 3 rings (SSSR count). The quantitative estimate of drug-likeness (QED) is 0.618. The van der Waals surface area contributed by atoms with Crippen molar-refractivity contribution in [3.05, 3.63) is 23.8 Å². The van der Waals surface area contributed by atoms with E-state index in [1.165, 1.54) is 0 Å². The van der Waals surface area contributed by atoms with E-state index in [1.807, 2.05) is 17.0 Å². The van der Waals surface area contributed by atoms with Crippen molar-refractivity contribution in [1.82, 2.24) is 9.80 Å². The fourth-order valence-electron chi connectivity index (χ4n) is 3.89. The number of piperidine rings is 2. The molecule has 2 heterocycles. The lowest BCUT2D eigenvalue weighted by molar-refractivity contribution is -0.0122. The van der Waals surface area contributed by atoms with Gasteiger partial charge in [-0.2, -0.15) is 0 Å². The minimum absolute atomic E-state index is 0.0319. The standard InChI is InChI=1S/C22H34N2O5/c1-23-10-6-19(7-11-23)29-20-5-4-17(16-21(20)27-3)22(25)24-12-8-18(9-13-24)28-15-14-26-2/h4-5,16,18-19H,6-15H2,1-3H3. The van der Waals surface area contributed by atoms with Crippen LogP contribution in [0.4, 0.5) is 0 Å². The Morgan fingerprint density at radius 3 is 2.31 bits per heavy atom. The van der Waals surface area contributed by atoms with E-state index in [0.29, 0.717) is 43.4 Å². The second-order valence-electron chi connectivity index (χ2n) is 7.84. The largest absolute Gasteiger partial charge is 0.493 e. The van der Waals surface area contributed by atoms with Crippen molar-refractivity contribution in [2.24, 2.45) is 0 Å². The number of hydrogen-bond donors (Lipinski definition) is 0. The molecule has 0 aromatic heterocycles. The first-order valence-corrected chi connectivity index (χ1v) is 10.5. The van der Waals surface area contributed by atoms with Gasteiger partial charge in [0, 0.05) is 38.9 Å². The molecule has 0 N–H and O–H groups in total. The SMILES string of the molecule is COCCOC1CCN(C(=O)c2ccc(OC3CCN(C)CC3)c(OC)c2)CC1. The summed E-state index contributed by atoms with van der Waals surface area (Å²) in [6.45, 7) is 4.68. The number of amides is 1. The number of methoxy groups -OCH3 is 2. The van der Waals surface area contributed by atoms with Crippen molar-refractivity contribution in [1.29, 1.82) is 0 Å². The summed E-state index contributed by atoms with van der Waals surface area (Å²) < 4.78 is 22.5. The van der Waals surface area contributed by atoms with Crippen LogP contribution < -0.4 is 9.47 Å². The molecule has 0 spiro atoms. The molecule has 0 saturated carbocycles. The normalized spacial score (nSPS) is 19.3. The molecule has 2 fully saturated rings. The molecule has 1 aromatic rings. The molecule has 0 atom stereocenters. The Hall–Kier alpha value is -1.83. The number of nitrogens with zero attached hydrogens (tertiary/aromatic N) is 2. The zero-order valence-electron chi connectivity index (χ0n) is 17.9. The summed E-state index contributed by atoms with van der Waals surface area (Å²) in [7, 11) is 5.42. The van der Waals surface area contributed by atoms with Crippen LogP contribution in [0, 0.1) is 0 Å². The van der Waals surface area contributed by atoms with E-state index in [1.54, 1.807) is 20.3 Å². The van der Waals surface area contributed by atoms with Gasteiger partial charge >= 0.3 is 0 Å². The molecular weight excluding hydrogens is 372 g/mol. The van der Waals surface area contributed by atoms with Crippen molar-refractivity contribution in [3.63, 3.8) is 0 Å². The molecule has 0 radical (unpaired) electrons. The van der Waals surface area contributed by atoms with E-state index in [-0.39, 0.29) is 18.1 Å². The highest BCUT2D eigenvalue weighted by atomic mass is 16.5. The minimum atomic E-state index is 0.0319. The zero-order chi connectivity index (χ0) is 20.6. The number of rotatable bonds is 8. The lowest BCUT2D eigenvalue weighted by Gasteiger charge is -2.32. The van der Waals surface area contributed by atoms with Crippen LogP contribution in [0.5, 0.6) is 11.5 Å². The monoisotopic (exact) mass is 406 g/mol. The van der Waals surface area contributed by atoms with Crippen LogP contribution in [0.2, 0.25) is 0 Å². The Kier molecular flexibility index (Phi) is 8.15. The van der Waals surface area contributed by atoms with Crippen LogP contribution in [-0.4, -0.2) is 88.6 Å². The summed E-state index contributed by atoms with van der Waals surface area (Å²) in [5.74, 6) is 1.36. The fraction of sp³-hybridized carbons (Fsp3) is 0.682. The summed E-state index contributed by atoms with van der Waals surface area (Å²) in [6, 6.07) is 5.51. The Balaban J connectivity index is 1.56. The average molecular weight is 407 g/mol. The van der Waals surface area contributed by atoms with Crippen LogP contribution in [0.15, 0.2) is 18.2 Å². The fourth-order valence-corrected chi connectivity index (χ4v) is 3.89. The summed E-state index contributed by atoms with van der Waals surface area (Å²) in [5.41, 5.74) is 0.635. The minimum Gasteiger partial charge on any atom is -0.493 e. The lowest BCUT2D eigenvalue weighted by Crippen LogP contribution is -2.41.